The van der Waals surface area contributed by atoms with Crippen molar-refractivity contribution in [3.8, 4) is 0 Å². The van der Waals surface area contributed by atoms with Crippen LogP contribution in [0.3, 0.4) is 0 Å². The summed E-state index contributed by atoms with van der Waals surface area (Å²) in [5.41, 5.74) is 0. The van der Waals surface area contributed by atoms with E-state index in [1.165, 1.54) is 0 Å². The first kappa shape index (κ1) is 7.10. The van der Waals surface area contributed by atoms with Gasteiger partial charge in [0, 0.05) is 0 Å². The van der Waals surface area contributed by atoms with Crippen LogP contribution in [-0.4, -0.2) is 24.7 Å². The number of rotatable bonds is 1. The molecule has 2 heterocycles. The third-order valence-electron chi connectivity index (χ3n) is 2.65. The smallest absolute Gasteiger partial charge is 0.310 e. The Labute approximate surface area is 66.1 Å². The van der Waals surface area contributed by atoms with Crippen molar-refractivity contribution in [3.05, 3.63) is 0 Å². The first-order valence-electron chi connectivity index (χ1n) is 4.27. The Morgan fingerprint density at radius 2 is 2.55 bits per heavy atom. The van der Waals surface area contributed by atoms with Crippen molar-refractivity contribution >= 4 is 5.97 Å². The maximum atomic E-state index is 11.2. The number of hydrogen-bond donors (Lipinski definition) is 1. The molecule has 3 atom stereocenters. The molecule has 1 N–H and O–H groups in total. The lowest BCUT2D eigenvalue weighted by Gasteiger charge is -2.10. The van der Waals surface area contributed by atoms with Gasteiger partial charge in [0.1, 0.15) is 6.10 Å². The summed E-state index contributed by atoms with van der Waals surface area (Å²) in [7, 11) is 0. The molecule has 3 nitrogen and oxygen atoms in total. The summed E-state index contributed by atoms with van der Waals surface area (Å²) >= 11 is 0. The lowest BCUT2D eigenvalue weighted by atomic mass is 9.97. The highest BCUT2D eigenvalue weighted by Crippen LogP contribution is 2.29. The minimum Gasteiger partial charge on any atom is -0.460 e. The van der Waals surface area contributed by atoms with Crippen LogP contribution in [0.25, 0.3) is 0 Å². The molecule has 11 heavy (non-hydrogen) atoms. The van der Waals surface area contributed by atoms with Crippen LogP contribution < -0.4 is 5.32 Å². The second-order valence-electron chi connectivity index (χ2n) is 3.26. The SMILES string of the molecule is CCC1C(=O)OC2CCNC21. The van der Waals surface area contributed by atoms with Gasteiger partial charge in [-0.1, -0.05) is 6.92 Å². The summed E-state index contributed by atoms with van der Waals surface area (Å²) in [6.45, 7) is 3.04. The number of ether oxygens (including phenoxy) is 1. The van der Waals surface area contributed by atoms with E-state index in [4.69, 9.17) is 4.74 Å². The van der Waals surface area contributed by atoms with Crippen molar-refractivity contribution in [1.82, 2.24) is 5.32 Å². The van der Waals surface area contributed by atoms with Crippen LogP contribution in [-0.2, 0) is 9.53 Å². The number of carbonyl (C=O) groups excluding carboxylic acids is 1. The summed E-state index contributed by atoms with van der Waals surface area (Å²) in [5.74, 6) is 0.109. The number of esters is 1. The number of carbonyl (C=O) groups is 1. The van der Waals surface area contributed by atoms with Crippen LogP contribution >= 0.6 is 0 Å². The lowest BCUT2D eigenvalue weighted by Crippen LogP contribution is -2.33. The van der Waals surface area contributed by atoms with E-state index in [2.05, 4.69) is 5.32 Å². The van der Waals surface area contributed by atoms with Gasteiger partial charge in [0.2, 0.25) is 0 Å². The van der Waals surface area contributed by atoms with Gasteiger partial charge in [0.15, 0.2) is 0 Å². The zero-order chi connectivity index (χ0) is 7.84. The van der Waals surface area contributed by atoms with Crippen molar-refractivity contribution in [2.75, 3.05) is 6.54 Å². The van der Waals surface area contributed by atoms with E-state index in [-0.39, 0.29) is 18.0 Å². The summed E-state index contributed by atoms with van der Waals surface area (Å²) in [6.07, 6.45) is 2.06. The summed E-state index contributed by atoms with van der Waals surface area (Å²) in [4.78, 5) is 11.2. The maximum absolute atomic E-state index is 11.2. The van der Waals surface area contributed by atoms with Crippen molar-refractivity contribution in [2.45, 2.75) is 31.9 Å². The first-order chi connectivity index (χ1) is 5.33. The van der Waals surface area contributed by atoms with Crippen molar-refractivity contribution in [2.24, 2.45) is 5.92 Å². The van der Waals surface area contributed by atoms with Crippen LogP contribution in [0.4, 0.5) is 0 Å². The Balaban J connectivity index is 2.13. The minimum atomic E-state index is -0.00491. The second kappa shape index (κ2) is 2.48. The molecule has 3 heteroatoms. The van der Waals surface area contributed by atoms with Gasteiger partial charge < -0.3 is 10.1 Å². The largest absolute Gasteiger partial charge is 0.460 e. The standard InChI is InChI=1S/C8H13NO2/c1-2-5-7-6(3-4-9-7)11-8(5)10/h5-7,9H,2-4H2,1H3. The highest BCUT2D eigenvalue weighted by molar-refractivity contribution is 5.76. The quantitative estimate of drug-likeness (QED) is 0.553. The van der Waals surface area contributed by atoms with E-state index >= 15 is 0 Å². The van der Waals surface area contributed by atoms with E-state index in [1.807, 2.05) is 6.92 Å². The van der Waals surface area contributed by atoms with E-state index in [0.717, 1.165) is 19.4 Å². The van der Waals surface area contributed by atoms with Gasteiger partial charge in [-0.05, 0) is 19.4 Å². The van der Waals surface area contributed by atoms with E-state index in [9.17, 15) is 4.79 Å². The lowest BCUT2D eigenvalue weighted by molar-refractivity contribution is -0.144. The molecule has 0 spiro atoms. The Hall–Kier alpha value is -0.570. The van der Waals surface area contributed by atoms with Gasteiger partial charge in [0.05, 0.1) is 12.0 Å². The van der Waals surface area contributed by atoms with Crippen molar-refractivity contribution in [3.63, 3.8) is 0 Å². The third-order valence-corrected chi connectivity index (χ3v) is 2.65. The maximum Gasteiger partial charge on any atom is 0.310 e. The normalized spacial score (nSPS) is 42.3. The molecule has 0 radical (unpaired) electrons. The molecule has 0 aromatic heterocycles. The molecule has 0 saturated carbocycles. The Morgan fingerprint density at radius 1 is 1.73 bits per heavy atom. The molecule has 2 saturated heterocycles. The highest BCUT2D eigenvalue weighted by Gasteiger charge is 2.45. The zero-order valence-electron chi connectivity index (χ0n) is 6.67. The minimum absolute atomic E-state index is 0.00491. The molecular weight excluding hydrogens is 142 g/mol. The highest BCUT2D eigenvalue weighted by atomic mass is 16.6. The van der Waals surface area contributed by atoms with E-state index < -0.39 is 0 Å². The summed E-state index contributed by atoms with van der Waals surface area (Å²) in [6, 6.07) is 0.312. The Bertz CT molecular complexity index is 181. The molecule has 2 fully saturated rings. The Kier molecular flexibility index (Phi) is 1.60. The van der Waals surface area contributed by atoms with E-state index in [0.29, 0.717) is 6.04 Å². The van der Waals surface area contributed by atoms with Gasteiger partial charge in [-0.2, -0.15) is 0 Å². The molecule has 0 aromatic carbocycles. The fourth-order valence-electron chi connectivity index (χ4n) is 2.04. The molecule has 62 valence electrons. The summed E-state index contributed by atoms with van der Waals surface area (Å²) < 4.78 is 5.19. The van der Waals surface area contributed by atoms with Crippen LogP contribution in [0.15, 0.2) is 0 Å². The number of nitrogens with one attached hydrogen (secondary N) is 1. The van der Waals surface area contributed by atoms with Gasteiger partial charge in [-0.3, -0.25) is 4.79 Å². The first-order valence-corrected chi connectivity index (χ1v) is 4.27. The number of hydrogen-bond acceptors (Lipinski definition) is 3. The van der Waals surface area contributed by atoms with Gasteiger partial charge in [-0.25, -0.2) is 0 Å². The van der Waals surface area contributed by atoms with Crippen molar-refractivity contribution < 1.29 is 9.53 Å². The van der Waals surface area contributed by atoms with Gasteiger partial charge >= 0.3 is 5.97 Å². The van der Waals surface area contributed by atoms with Crippen LogP contribution in [0, 0.1) is 5.92 Å². The van der Waals surface area contributed by atoms with Crippen LogP contribution in [0.2, 0.25) is 0 Å². The molecule has 0 amide bonds. The number of fused-ring (bicyclic) bond motifs is 1. The molecule has 2 rings (SSSR count). The average molecular weight is 155 g/mol. The fraction of sp³-hybridized carbons (Fsp3) is 0.875. The van der Waals surface area contributed by atoms with Crippen LogP contribution in [0.5, 0.6) is 0 Å². The molecule has 0 bridgehead atoms. The van der Waals surface area contributed by atoms with E-state index in [1.54, 1.807) is 0 Å². The second-order valence-corrected chi connectivity index (χ2v) is 3.26. The fourth-order valence-corrected chi connectivity index (χ4v) is 2.04. The topological polar surface area (TPSA) is 38.3 Å². The third kappa shape index (κ3) is 0.948. The molecule has 3 unspecified atom stereocenters. The zero-order valence-corrected chi connectivity index (χ0v) is 6.67. The predicted molar refractivity (Wildman–Crippen MR) is 40.1 cm³/mol. The molecule has 0 aliphatic carbocycles. The van der Waals surface area contributed by atoms with Crippen LogP contribution in [0.1, 0.15) is 19.8 Å². The van der Waals surface area contributed by atoms with Gasteiger partial charge in [-0.15, -0.1) is 0 Å². The molecule has 2 aliphatic heterocycles. The molecular formula is C8H13NO2. The van der Waals surface area contributed by atoms with Gasteiger partial charge in [0.25, 0.3) is 0 Å². The molecule has 2 aliphatic rings. The summed E-state index contributed by atoms with van der Waals surface area (Å²) in [5, 5.41) is 3.30. The van der Waals surface area contributed by atoms with Crippen molar-refractivity contribution in [1.29, 1.82) is 0 Å². The predicted octanol–water partition coefficient (Wildman–Crippen LogP) is 0.300. The Morgan fingerprint density at radius 3 is 3.27 bits per heavy atom. The monoisotopic (exact) mass is 155 g/mol. The average Bonchev–Trinajstić information content (AvgIpc) is 2.46. The molecule has 0 aromatic rings.